The summed E-state index contributed by atoms with van der Waals surface area (Å²) in [5, 5.41) is 0.451. The van der Waals surface area contributed by atoms with Crippen molar-refractivity contribution in [1.82, 2.24) is 0 Å². The summed E-state index contributed by atoms with van der Waals surface area (Å²) in [6, 6.07) is 12.7. The Morgan fingerprint density at radius 2 is 1.81 bits per heavy atom. The molecule has 0 radical (unpaired) electrons. The van der Waals surface area contributed by atoms with E-state index in [0.717, 1.165) is 0 Å². The van der Waals surface area contributed by atoms with Gasteiger partial charge in [0.05, 0.1) is 10.6 Å². The first-order chi connectivity index (χ1) is 10.1. The number of aliphatic imine (C=N–C) groups is 1. The fraction of sp³-hybridized carbons (Fsp3) is 0. The number of halogens is 2. The topological polar surface area (TPSA) is 38.7 Å². The van der Waals surface area contributed by atoms with Crippen LogP contribution in [-0.2, 0) is 9.53 Å². The summed E-state index contributed by atoms with van der Waals surface area (Å²) in [6.45, 7) is 0. The molecule has 0 aliphatic carbocycles. The second-order valence-corrected chi connectivity index (χ2v) is 4.77. The molecule has 21 heavy (non-hydrogen) atoms. The summed E-state index contributed by atoms with van der Waals surface area (Å²) in [5.41, 5.74) is 1.36. The minimum Gasteiger partial charge on any atom is -0.402 e. The summed E-state index contributed by atoms with van der Waals surface area (Å²) in [5.74, 6) is -0.736. The first-order valence-electron chi connectivity index (χ1n) is 6.16. The summed E-state index contributed by atoms with van der Waals surface area (Å²) >= 11 is 6.04. The van der Waals surface area contributed by atoms with E-state index in [9.17, 15) is 9.18 Å². The van der Waals surface area contributed by atoms with Gasteiger partial charge in [0.15, 0.2) is 5.70 Å². The molecule has 0 saturated carbocycles. The van der Waals surface area contributed by atoms with Gasteiger partial charge in [-0.3, -0.25) is 0 Å². The largest absolute Gasteiger partial charge is 0.402 e. The number of hydrogen-bond donors (Lipinski definition) is 0. The Kier molecular flexibility index (Phi) is 3.54. The molecule has 0 N–H and O–H groups in total. The molecule has 0 aromatic heterocycles. The Morgan fingerprint density at radius 1 is 1.10 bits per heavy atom. The SMILES string of the molecule is O=C1OC(c2ccccc2Cl)=N/C1=C\c1ccc(F)cc1. The van der Waals surface area contributed by atoms with Gasteiger partial charge in [0.25, 0.3) is 0 Å². The second kappa shape index (κ2) is 5.50. The Labute approximate surface area is 125 Å². The van der Waals surface area contributed by atoms with Gasteiger partial charge in [-0.05, 0) is 35.9 Å². The van der Waals surface area contributed by atoms with Crippen LogP contribution in [0.25, 0.3) is 6.08 Å². The van der Waals surface area contributed by atoms with Crippen LogP contribution >= 0.6 is 11.6 Å². The number of benzene rings is 2. The van der Waals surface area contributed by atoms with Crippen molar-refractivity contribution in [2.45, 2.75) is 0 Å². The van der Waals surface area contributed by atoms with E-state index in [2.05, 4.69) is 4.99 Å². The standard InChI is InChI=1S/C16H9ClFNO2/c17-13-4-2-1-3-12(13)15-19-14(16(20)21-15)9-10-5-7-11(18)8-6-10/h1-9H/b14-9-. The third-order valence-corrected chi connectivity index (χ3v) is 3.23. The number of carbonyl (C=O) groups is 1. The zero-order valence-electron chi connectivity index (χ0n) is 10.7. The van der Waals surface area contributed by atoms with Crippen molar-refractivity contribution in [2.75, 3.05) is 0 Å². The van der Waals surface area contributed by atoms with Gasteiger partial charge < -0.3 is 4.74 Å². The number of nitrogens with zero attached hydrogens (tertiary/aromatic N) is 1. The van der Waals surface area contributed by atoms with Crippen molar-refractivity contribution >= 4 is 29.5 Å². The molecule has 0 spiro atoms. The minimum atomic E-state index is -0.561. The van der Waals surface area contributed by atoms with Crippen LogP contribution in [0, 0.1) is 5.82 Å². The smallest absolute Gasteiger partial charge is 0.363 e. The molecular weight excluding hydrogens is 293 g/mol. The molecule has 0 atom stereocenters. The van der Waals surface area contributed by atoms with Crippen LogP contribution in [0.4, 0.5) is 4.39 Å². The molecule has 0 fully saturated rings. The number of carbonyl (C=O) groups excluding carboxylic acids is 1. The van der Waals surface area contributed by atoms with Crippen LogP contribution in [0.3, 0.4) is 0 Å². The van der Waals surface area contributed by atoms with Gasteiger partial charge in [0, 0.05) is 0 Å². The molecule has 1 aliphatic heterocycles. The average Bonchev–Trinajstić information content (AvgIpc) is 2.83. The van der Waals surface area contributed by atoms with Gasteiger partial charge in [0.1, 0.15) is 5.82 Å². The number of hydrogen-bond acceptors (Lipinski definition) is 3. The van der Waals surface area contributed by atoms with Crippen molar-refractivity contribution < 1.29 is 13.9 Å². The molecular formula is C16H9ClFNO2. The Hall–Kier alpha value is -2.46. The molecule has 3 nitrogen and oxygen atoms in total. The molecule has 0 bridgehead atoms. The van der Waals surface area contributed by atoms with E-state index in [1.807, 2.05) is 0 Å². The lowest BCUT2D eigenvalue weighted by Gasteiger charge is -2.00. The van der Waals surface area contributed by atoms with Gasteiger partial charge in [-0.15, -0.1) is 0 Å². The van der Waals surface area contributed by atoms with Gasteiger partial charge in [-0.1, -0.05) is 35.9 Å². The second-order valence-electron chi connectivity index (χ2n) is 4.37. The monoisotopic (exact) mass is 301 g/mol. The average molecular weight is 302 g/mol. The maximum absolute atomic E-state index is 12.9. The van der Waals surface area contributed by atoms with Crippen molar-refractivity contribution in [3.63, 3.8) is 0 Å². The van der Waals surface area contributed by atoms with Crippen LogP contribution < -0.4 is 0 Å². The number of esters is 1. The molecule has 0 amide bonds. The van der Waals surface area contributed by atoms with Crippen molar-refractivity contribution in [1.29, 1.82) is 0 Å². The van der Waals surface area contributed by atoms with E-state index in [0.29, 0.717) is 16.1 Å². The maximum Gasteiger partial charge on any atom is 0.363 e. The van der Waals surface area contributed by atoms with Crippen molar-refractivity contribution in [2.24, 2.45) is 4.99 Å². The first-order valence-corrected chi connectivity index (χ1v) is 6.54. The van der Waals surface area contributed by atoms with Crippen molar-refractivity contribution in [3.05, 3.63) is 76.2 Å². The lowest BCUT2D eigenvalue weighted by molar-refractivity contribution is -0.129. The lowest BCUT2D eigenvalue weighted by Crippen LogP contribution is -2.05. The van der Waals surface area contributed by atoms with Gasteiger partial charge >= 0.3 is 5.97 Å². The molecule has 2 aromatic carbocycles. The summed E-state index contributed by atoms with van der Waals surface area (Å²) in [7, 11) is 0. The zero-order valence-corrected chi connectivity index (χ0v) is 11.5. The first kappa shape index (κ1) is 13.5. The van der Waals surface area contributed by atoms with Gasteiger partial charge in [-0.25, -0.2) is 14.2 Å². The Morgan fingerprint density at radius 3 is 2.52 bits per heavy atom. The number of rotatable bonds is 2. The van der Waals surface area contributed by atoms with Crippen LogP contribution in [-0.4, -0.2) is 11.9 Å². The van der Waals surface area contributed by atoms with E-state index < -0.39 is 5.97 Å². The van der Waals surface area contributed by atoms with E-state index >= 15 is 0 Å². The molecule has 1 aliphatic rings. The predicted octanol–water partition coefficient (Wildman–Crippen LogP) is 3.82. The highest BCUT2D eigenvalue weighted by molar-refractivity contribution is 6.34. The van der Waals surface area contributed by atoms with E-state index in [-0.39, 0.29) is 17.4 Å². The molecule has 0 saturated heterocycles. The maximum atomic E-state index is 12.9. The highest BCUT2D eigenvalue weighted by Crippen LogP contribution is 2.23. The quantitative estimate of drug-likeness (QED) is 0.625. The normalized spacial score (nSPS) is 16.0. The fourth-order valence-electron chi connectivity index (χ4n) is 1.88. The zero-order chi connectivity index (χ0) is 14.8. The van der Waals surface area contributed by atoms with Crippen molar-refractivity contribution in [3.8, 4) is 0 Å². The predicted molar refractivity (Wildman–Crippen MR) is 78.5 cm³/mol. The third-order valence-electron chi connectivity index (χ3n) is 2.90. The molecule has 104 valence electrons. The van der Waals surface area contributed by atoms with Crippen LogP contribution in [0.5, 0.6) is 0 Å². The molecule has 0 unspecified atom stereocenters. The van der Waals surface area contributed by atoms with E-state index in [4.69, 9.17) is 16.3 Å². The van der Waals surface area contributed by atoms with E-state index in [1.165, 1.54) is 18.2 Å². The fourth-order valence-corrected chi connectivity index (χ4v) is 2.09. The summed E-state index contributed by atoms with van der Waals surface area (Å²) in [6.07, 6.45) is 1.53. The molecule has 5 heteroatoms. The molecule has 3 rings (SSSR count). The third kappa shape index (κ3) is 2.85. The molecule has 1 heterocycles. The number of cyclic esters (lactones) is 1. The van der Waals surface area contributed by atoms with Crippen LogP contribution in [0.2, 0.25) is 5.02 Å². The van der Waals surface area contributed by atoms with Gasteiger partial charge in [-0.2, -0.15) is 0 Å². The van der Waals surface area contributed by atoms with Gasteiger partial charge in [0.2, 0.25) is 5.90 Å². The lowest BCUT2D eigenvalue weighted by atomic mass is 10.2. The van der Waals surface area contributed by atoms with Crippen LogP contribution in [0.1, 0.15) is 11.1 Å². The number of ether oxygens (including phenoxy) is 1. The highest BCUT2D eigenvalue weighted by Gasteiger charge is 2.25. The minimum absolute atomic E-state index is 0.150. The summed E-state index contributed by atoms with van der Waals surface area (Å²) < 4.78 is 18.0. The van der Waals surface area contributed by atoms with Crippen LogP contribution in [0.15, 0.2) is 59.2 Å². The van der Waals surface area contributed by atoms with E-state index in [1.54, 1.807) is 36.4 Å². The Bertz CT molecular complexity index is 766. The Balaban J connectivity index is 1.96. The molecule has 2 aromatic rings. The summed E-state index contributed by atoms with van der Waals surface area (Å²) in [4.78, 5) is 16.0. The highest BCUT2D eigenvalue weighted by atomic mass is 35.5.